The molecule has 1 aliphatic rings. The molecule has 1 fully saturated rings. The molecule has 0 N–H and O–H groups in total. The number of fused-ring (bicyclic) bond motifs is 1. The van der Waals surface area contributed by atoms with Crippen LogP contribution in [0.5, 0.6) is 0 Å². The van der Waals surface area contributed by atoms with Crippen LogP contribution in [0.3, 0.4) is 0 Å². The molecule has 2 heterocycles. The van der Waals surface area contributed by atoms with E-state index in [0.29, 0.717) is 47.9 Å². The van der Waals surface area contributed by atoms with Gasteiger partial charge in [-0.05, 0) is 12.1 Å². The van der Waals surface area contributed by atoms with Gasteiger partial charge in [-0.15, -0.1) is 0 Å². The second-order valence-electron chi connectivity index (χ2n) is 4.37. The second-order valence-corrected chi connectivity index (χ2v) is 5.74. The highest BCUT2D eigenvalue weighted by Gasteiger charge is 2.18. The van der Waals surface area contributed by atoms with Gasteiger partial charge in [0.05, 0.1) is 19.0 Å². The first-order valence-electron chi connectivity index (χ1n) is 6.27. The summed E-state index contributed by atoms with van der Waals surface area (Å²) in [5.41, 5.74) is 1.38. The number of morpholine rings is 1. The number of amides is 1. The van der Waals surface area contributed by atoms with E-state index in [1.807, 2.05) is 0 Å². The molecule has 20 heavy (non-hydrogen) atoms. The Hall–Kier alpha value is -1.24. The van der Waals surface area contributed by atoms with Crippen LogP contribution in [-0.2, 0) is 9.53 Å². The molecule has 1 aliphatic heterocycles. The van der Waals surface area contributed by atoms with Gasteiger partial charge in [0.2, 0.25) is 5.91 Å². The van der Waals surface area contributed by atoms with Crippen molar-refractivity contribution in [2.24, 2.45) is 0 Å². The van der Waals surface area contributed by atoms with Gasteiger partial charge in [-0.3, -0.25) is 4.79 Å². The second kappa shape index (κ2) is 6.03. The van der Waals surface area contributed by atoms with Crippen LogP contribution in [-0.4, -0.2) is 47.8 Å². The third-order valence-corrected chi connectivity index (χ3v) is 4.06. The molecule has 0 radical (unpaired) electrons. The average molecular weight is 313 g/mol. The van der Waals surface area contributed by atoms with Crippen LogP contribution in [0.15, 0.2) is 27.8 Å². The van der Waals surface area contributed by atoms with Crippen molar-refractivity contribution in [2.45, 2.75) is 5.22 Å². The SMILES string of the molecule is O=C(CSc1nc2ccc(Cl)cc2o1)N1CCOCC1. The maximum absolute atomic E-state index is 12.0. The summed E-state index contributed by atoms with van der Waals surface area (Å²) in [7, 11) is 0. The summed E-state index contributed by atoms with van der Waals surface area (Å²) in [6, 6.07) is 5.28. The van der Waals surface area contributed by atoms with E-state index in [2.05, 4.69) is 4.98 Å². The molecule has 106 valence electrons. The van der Waals surface area contributed by atoms with Crippen LogP contribution in [0.2, 0.25) is 5.02 Å². The number of rotatable bonds is 3. The molecular weight excluding hydrogens is 300 g/mol. The van der Waals surface area contributed by atoms with E-state index < -0.39 is 0 Å². The lowest BCUT2D eigenvalue weighted by Crippen LogP contribution is -2.41. The summed E-state index contributed by atoms with van der Waals surface area (Å²) in [4.78, 5) is 18.1. The Morgan fingerprint density at radius 2 is 2.20 bits per heavy atom. The van der Waals surface area contributed by atoms with Crippen molar-refractivity contribution >= 4 is 40.4 Å². The Kier molecular flexibility index (Phi) is 4.14. The number of thioether (sulfide) groups is 1. The zero-order chi connectivity index (χ0) is 13.9. The number of benzene rings is 1. The monoisotopic (exact) mass is 312 g/mol. The van der Waals surface area contributed by atoms with Gasteiger partial charge in [-0.2, -0.15) is 0 Å². The zero-order valence-electron chi connectivity index (χ0n) is 10.7. The van der Waals surface area contributed by atoms with Crippen LogP contribution >= 0.6 is 23.4 Å². The lowest BCUT2D eigenvalue weighted by Gasteiger charge is -2.26. The first kappa shape index (κ1) is 13.7. The number of halogens is 1. The standard InChI is InChI=1S/C13H13ClN2O3S/c14-9-1-2-10-11(7-9)19-13(15-10)20-8-12(17)16-3-5-18-6-4-16/h1-2,7H,3-6,8H2. The molecule has 0 aliphatic carbocycles. The summed E-state index contributed by atoms with van der Waals surface area (Å²) < 4.78 is 10.8. The number of aromatic nitrogens is 1. The van der Waals surface area contributed by atoms with Crippen LogP contribution in [0.1, 0.15) is 0 Å². The van der Waals surface area contributed by atoms with Crippen LogP contribution in [0.25, 0.3) is 11.1 Å². The first-order valence-corrected chi connectivity index (χ1v) is 7.63. The van der Waals surface area contributed by atoms with Gasteiger partial charge in [0.1, 0.15) is 5.52 Å². The fourth-order valence-electron chi connectivity index (χ4n) is 1.97. The first-order chi connectivity index (χ1) is 9.72. The van der Waals surface area contributed by atoms with Gasteiger partial charge >= 0.3 is 0 Å². The van der Waals surface area contributed by atoms with E-state index in [4.69, 9.17) is 20.8 Å². The van der Waals surface area contributed by atoms with Crippen molar-refractivity contribution < 1.29 is 13.9 Å². The number of ether oxygens (including phenoxy) is 1. The van der Waals surface area contributed by atoms with E-state index in [-0.39, 0.29) is 5.91 Å². The van der Waals surface area contributed by atoms with E-state index in [0.717, 1.165) is 5.52 Å². The van der Waals surface area contributed by atoms with Gasteiger partial charge in [0, 0.05) is 24.2 Å². The fourth-order valence-corrected chi connectivity index (χ4v) is 2.87. The molecule has 1 amide bonds. The Morgan fingerprint density at radius 1 is 1.40 bits per heavy atom. The number of oxazole rings is 1. The Balaban J connectivity index is 1.63. The molecule has 0 spiro atoms. The molecule has 0 unspecified atom stereocenters. The number of carbonyl (C=O) groups excluding carboxylic acids is 1. The minimum Gasteiger partial charge on any atom is -0.431 e. The van der Waals surface area contributed by atoms with Crippen molar-refractivity contribution in [2.75, 3.05) is 32.1 Å². The van der Waals surface area contributed by atoms with Crippen molar-refractivity contribution in [1.29, 1.82) is 0 Å². The third-order valence-electron chi connectivity index (χ3n) is 3.01. The maximum atomic E-state index is 12.0. The topological polar surface area (TPSA) is 55.6 Å². The number of hydrogen-bond donors (Lipinski definition) is 0. The molecule has 1 saturated heterocycles. The Morgan fingerprint density at radius 3 is 3.00 bits per heavy atom. The largest absolute Gasteiger partial charge is 0.431 e. The van der Waals surface area contributed by atoms with Crippen LogP contribution < -0.4 is 0 Å². The lowest BCUT2D eigenvalue weighted by molar-refractivity contribution is -0.132. The van der Waals surface area contributed by atoms with E-state index in [9.17, 15) is 4.79 Å². The summed E-state index contributed by atoms with van der Waals surface area (Å²) in [6.07, 6.45) is 0. The Bertz CT molecular complexity index is 625. The Labute approximate surface area is 125 Å². The van der Waals surface area contributed by atoms with Gasteiger partial charge in [-0.1, -0.05) is 23.4 Å². The quantitative estimate of drug-likeness (QED) is 0.815. The van der Waals surface area contributed by atoms with Crippen molar-refractivity contribution in [3.05, 3.63) is 23.2 Å². The lowest BCUT2D eigenvalue weighted by atomic mass is 10.3. The van der Waals surface area contributed by atoms with E-state index >= 15 is 0 Å². The minimum atomic E-state index is 0.0820. The van der Waals surface area contributed by atoms with Gasteiger partial charge in [-0.25, -0.2) is 4.98 Å². The third kappa shape index (κ3) is 3.08. The summed E-state index contributed by atoms with van der Waals surface area (Å²) in [5, 5.41) is 1.10. The van der Waals surface area contributed by atoms with E-state index in [1.54, 1.807) is 23.1 Å². The van der Waals surface area contributed by atoms with Crippen LogP contribution in [0.4, 0.5) is 0 Å². The smallest absolute Gasteiger partial charge is 0.257 e. The average Bonchev–Trinajstić information content (AvgIpc) is 2.87. The molecule has 1 aromatic carbocycles. The summed E-state index contributed by atoms with van der Waals surface area (Å²) in [5.74, 6) is 0.402. The highest BCUT2D eigenvalue weighted by molar-refractivity contribution is 7.99. The molecule has 2 aromatic rings. The number of carbonyl (C=O) groups is 1. The van der Waals surface area contributed by atoms with Crippen molar-refractivity contribution in [1.82, 2.24) is 9.88 Å². The molecule has 3 rings (SSSR count). The predicted octanol–water partition coefficient (Wildman–Crippen LogP) is 2.43. The predicted molar refractivity (Wildman–Crippen MR) is 77.1 cm³/mol. The fraction of sp³-hybridized carbons (Fsp3) is 0.385. The van der Waals surface area contributed by atoms with Gasteiger partial charge in [0.15, 0.2) is 5.58 Å². The number of hydrogen-bond acceptors (Lipinski definition) is 5. The van der Waals surface area contributed by atoms with Crippen molar-refractivity contribution in [3.8, 4) is 0 Å². The highest BCUT2D eigenvalue weighted by atomic mass is 35.5. The highest BCUT2D eigenvalue weighted by Crippen LogP contribution is 2.25. The van der Waals surface area contributed by atoms with Gasteiger partial charge in [0.25, 0.3) is 5.22 Å². The summed E-state index contributed by atoms with van der Waals surface area (Å²) >= 11 is 7.19. The zero-order valence-corrected chi connectivity index (χ0v) is 12.2. The van der Waals surface area contributed by atoms with Crippen molar-refractivity contribution in [3.63, 3.8) is 0 Å². The maximum Gasteiger partial charge on any atom is 0.257 e. The molecular formula is C13H13ClN2O3S. The molecule has 0 bridgehead atoms. The number of nitrogens with zero attached hydrogens (tertiary/aromatic N) is 2. The molecule has 5 nitrogen and oxygen atoms in total. The molecule has 0 atom stereocenters. The molecule has 1 aromatic heterocycles. The summed E-state index contributed by atoms with van der Waals surface area (Å²) in [6.45, 7) is 2.53. The molecule has 0 saturated carbocycles. The minimum absolute atomic E-state index is 0.0820. The van der Waals surface area contributed by atoms with Crippen LogP contribution in [0, 0.1) is 0 Å². The molecule has 7 heteroatoms. The van der Waals surface area contributed by atoms with E-state index in [1.165, 1.54) is 11.8 Å². The van der Waals surface area contributed by atoms with Gasteiger partial charge < -0.3 is 14.1 Å². The normalized spacial score (nSPS) is 15.8.